The molecule has 1 aliphatic rings. The molecule has 0 aromatic carbocycles. The molecule has 0 spiro atoms. The Hall–Kier alpha value is -2.75. The molecule has 3 aromatic rings. The lowest BCUT2D eigenvalue weighted by Crippen LogP contribution is -2.35. The highest BCUT2D eigenvalue weighted by molar-refractivity contribution is 7.15. The van der Waals surface area contributed by atoms with Gasteiger partial charge in [0.2, 0.25) is 5.91 Å². The van der Waals surface area contributed by atoms with Gasteiger partial charge in [-0.2, -0.15) is 8.78 Å². The van der Waals surface area contributed by atoms with Crippen LogP contribution < -0.4 is 4.90 Å². The van der Waals surface area contributed by atoms with Gasteiger partial charge < -0.3 is 9.32 Å². The number of thiazole rings is 1. The number of amides is 1. The Bertz CT molecular complexity index is 958. The molecule has 0 fully saturated rings. The van der Waals surface area contributed by atoms with E-state index in [0.717, 1.165) is 11.3 Å². The number of halogens is 2. The standard InChI is InChI=1S/C16H13F2N5O2S/c1-8-4-13(24)23(10-5-19-3-2-9(8)10)7-12-20-6-11(26-12)15-21-22-16(25-15)14(17)18/h2-3,5-6,8,14H,4,7H2,1H3/t8-/m0/s1. The van der Waals surface area contributed by atoms with Crippen molar-refractivity contribution in [1.82, 2.24) is 20.2 Å². The van der Waals surface area contributed by atoms with E-state index in [9.17, 15) is 13.6 Å². The molecule has 7 nitrogen and oxygen atoms in total. The topological polar surface area (TPSA) is 85.0 Å². The third kappa shape index (κ3) is 2.96. The van der Waals surface area contributed by atoms with Gasteiger partial charge in [-0.25, -0.2) is 4.98 Å². The van der Waals surface area contributed by atoms with Crippen LogP contribution in [0.25, 0.3) is 10.8 Å². The number of aromatic nitrogens is 4. The average Bonchev–Trinajstić information content (AvgIpc) is 3.28. The van der Waals surface area contributed by atoms with Gasteiger partial charge in [-0.15, -0.1) is 21.5 Å². The number of rotatable bonds is 4. The van der Waals surface area contributed by atoms with E-state index >= 15 is 0 Å². The maximum absolute atomic E-state index is 12.6. The highest BCUT2D eigenvalue weighted by Gasteiger charge is 2.30. The zero-order valence-electron chi connectivity index (χ0n) is 13.6. The molecular weight excluding hydrogens is 364 g/mol. The van der Waals surface area contributed by atoms with Crippen LogP contribution in [0.5, 0.6) is 0 Å². The highest BCUT2D eigenvalue weighted by atomic mass is 32.1. The van der Waals surface area contributed by atoms with Crippen molar-refractivity contribution in [3.8, 4) is 10.8 Å². The van der Waals surface area contributed by atoms with Crippen molar-refractivity contribution in [2.45, 2.75) is 32.2 Å². The van der Waals surface area contributed by atoms with Gasteiger partial charge in [0.05, 0.1) is 24.6 Å². The molecule has 0 saturated heterocycles. The van der Waals surface area contributed by atoms with Gasteiger partial charge in [0.25, 0.3) is 11.8 Å². The Morgan fingerprint density at radius 2 is 2.23 bits per heavy atom. The molecule has 4 rings (SSSR count). The van der Waals surface area contributed by atoms with Crippen molar-refractivity contribution in [2.75, 3.05) is 4.90 Å². The van der Waals surface area contributed by atoms with Gasteiger partial charge in [-0.3, -0.25) is 9.78 Å². The summed E-state index contributed by atoms with van der Waals surface area (Å²) < 4.78 is 30.1. The molecule has 0 saturated carbocycles. The zero-order chi connectivity index (χ0) is 18.3. The fourth-order valence-corrected chi connectivity index (χ4v) is 3.70. The van der Waals surface area contributed by atoms with E-state index in [-0.39, 0.29) is 24.3 Å². The van der Waals surface area contributed by atoms with Gasteiger partial charge in [0.1, 0.15) is 9.88 Å². The minimum absolute atomic E-state index is 0.00692. The van der Waals surface area contributed by atoms with E-state index in [4.69, 9.17) is 4.42 Å². The van der Waals surface area contributed by atoms with Gasteiger partial charge in [-0.05, 0) is 17.5 Å². The largest absolute Gasteiger partial charge is 0.414 e. The monoisotopic (exact) mass is 377 g/mol. The summed E-state index contributed by atoms with van der Waals surface area (Å²) in [6.45, 7) is 2.27. The third-order valence-electron chi connectivity index (χ3n) is 4.12. The first-order valence-electron chi connectivity index (χ1n) is 7.84. The second-order valence-electron chi connectivity index (χ2n) is 5.88. The van der Waals surface area contributed by atoms with Crippen LogP contribution in [-0.4, -0.2) is 26.1 Å². The van der Waals surface area contributed by atoms with Gasteiger partial charge in [0, 0.05) is 12.6 Å². The number of nitrogens with zero attached hydrogens (tertiary/aromatic N) is 5. The second-order valence-corrected chi connectivity index (χ2v) is 7.00. The molecule has 3 aromatic heterocycles. The van der Waals surface area contributed by atoms with E-state index < -0.39 is 12.3 Å². The Labute approximate surface area is 150 Å². The number of fused-ring (bicyclic) bond motifs is 1. The minimum atomic E-state index is -2.82. The number of anilines is 1. The molecular formula is C16H13F2N5O2S. The number of hydrogen-bond donors (Lipinski definition) is 0. The van der Waals surface area contributed by atoms with E-state index in [1.54, 1.807) is 17.3 Å². The van der Waals surface area contributed by atoms with Gasteiger partial charge >= 0.3 is 6.43 Å². The summed E-state index contributed by atoms with van der Waals surface area (Å²) >= 11 is 1.22. The summed E-state index contributed by atoms with van der Waals surface area (Å²) in [5.41, 5.74) is 1.83. The molecule has 134 valence electrons. The summed E-state index contributed by atoms with van der Waals surface area (Å²) in [5, 5.41) is 7.55. The van der Waals surface area contributed by atoms with Crippen LogP contribution in [0.1, 0.15) is 42.1 Å². The molecule has 0 N–H and O–H groups in total. The number of carbonyl (C=O) groups is 1. The molecule has 0 bridgehead atoms. The van der Waals surface area contributed by atoms with E-state index in [1.165, 1.54) is 17.5 Å². The zero-order valence-corrected chi connectivity index (χ0v) is 14.4. The molecule has 10 heteroatoms. The first-order valence-corrected chi connectivity index (χ1v) is 8.65. The van der Waals surface area contributed by atoms with Crippen LogP contribution in [0.3, 0.4) is 0 Å². The maximum atomic E-state index is 12.6. The first-order chi connectivity index (χ1) is 12.5. The predicted molar refractivity (Wildman–Crippen MR) is 88.8 cm³/mol. The average molecular weight is 377 g/mol. The minimum Gasteiger partial charge on any atom is -0.414 e. The predicted octanol–water partition coefficient (Wildman–Crippen LogP) is 3.57. The molecule has 26 heavy (non-hydrogen) atoms. The molecule has 1 atom stereocenters. The Morgan fingerprint density at radius 1 is 1.38 bits per heavy atom. The van der Waals surface area contributed by atoms with Crippen molar-refractivity contribution in [3.63, 3.8) is 0 Å². The number of hydrogen-bond acceptors (Lipinski definition) is 7. The van der Waals surface area contributed by atoms with Gasteiger partial charge in [-0.1, -0.05) is 6.92 Å². The van der Waals surface area contributed by atoms with Crippen LogP contribution in [0, 0.1) is 0 Å². The van der Waals surface area contributed by atoms with E-state index in [0.29, 0.717) is 16.3 Å². The first kappa shape index (κ1) is 16.7. The summed E-state index contributed by atoms with van der Waals surface area (Å²) in [5.74, 6) is -0.609. The van der Waals surface area contributed by atoms with Crippen LogP contribution in [-0.2, 0) is 11.3 Å². The summed E-state index contributed by atoms with van der Waals surface area (Å²) in [7, 11) is 0. The molecule has 0 aliphatic carbocycles. The Kier molecular flexibility index (Phi) is 4.19. The van der Waals surface area contributed by atoms with Crippen molar-refractivity contribution in [1.29, 1.82) is 0 Å². The smallest absolute Gasteiger partial charge is 0.314 e. The van der Waals surface area contributed by atoms with Crippen molar-refractivity contribution < 1.29 is 18.0 Å². The van der Waals surface area contributed by atoms with E-state index in [1.807, 2.05) is 13.0 Å². The number of alkyl halides is 2. The SMILES string of the molecule is C[C@H]1CC(=O)N(Cc2ncc(-c3nnc(C(F)F)o3)s2)c2cnccc21. The van der Waals surface area contributed by atoms with Crippen molar-refractivity contribution in [2.24, 2.45) is 0 Å². The normalized spacial score (nSPS) is 17.0. The van der Waals surface area contributed by atoms with E-state index in [2.05, 4.69) is 20.2 Å². The molecule has 4 heterocycles. The fraction of sp³-hybridized carbons (Fsp3) is 0.312. The maximum Gasteiger partial charge on any atom is 0.314 e. The lowest BCUT2D eigenvalue weighted by molar-refractivity contribution is -0.119. The van der Waals surface area contributed by atoms with Crippen molar-refractivity contribution in [3.05, 3.63) is 41.1 Å². The lowest BCUT2D eigenvalue weighted by Gasteiger charge is -2.31. The van der Waals surface area contributed by atoms with Crippen LogP contribution >= 0.6 is 11.3 Å². The lowest BCUT2D eigenvalue weighted by atomic mass is 9.92. The summed E-state index contributed by atoms with van der Waals surface area (Å²) in [6, 6.07) is 1.91. The molecule has 1 amide bonds. The Balaban J connectivity index is 1.59. The highest BCUT2D eigenvalue weighted by Crippen LogP contribution is 2.36. The van der Waals surface area contributed by atoms with Crippen LogP contribution in [0.4, 0.5) is 14.5 Å². The summed E-state index contributed by atoms with van der Waals surface area (Å²) in [6.07, 6.45) is 2.45. The van der Waals surface area contributed by atoms with Crippen molar-refractivity contribution >= 4 is 22.9 Å². The quantitative estimate of drug-likeness (QED) is 0.691. The molecule has 0 radical (unpaired) electrons. The van der Waals surface area contributed by atoms with Gasteiger partial charge in [0.15, 0.2) is 0 Å². The number of pyridine rings is 1. The number of carbonyl (C=O) groups excluding carboxylic acids is 1. The Morgan fingerprint density at radius 3 is 3.00 bits per heavy atom. The second kappa shape index (κ2) is 6.52. The van der Waals surface area contributed by atoms with Crippen LogP contribution in [0.2, 0.25) is 0 Å². The summed E-state index contributed by atoms with van der Waals surface area (Å²) in [4.78, 5) is 23.0. The molecule has 0 unspecified atom stereocenters. The fourth-order valence-electron chi connectivity index (χ4n) is 2.87. The molecule has 1 aliphatic heterocycles. The van der Waals surface area contributed by atoms with Crippen LogP contribution in [0.15, 0.2) is 29.1 Å². The third-order valence-corrected chi connectivity index (χ3v) is 5.09.